The lowest BCUT2D eigenvalue weighted by atomic mass is 10.2. The van der Waals surface area contributed by atoms with E-state index in [1.54, 1.807) is 0 Å². The number of nitrogens with one attached hydrogen (secondary N) is 2. The maximum atomic E-state index is 12.0. The van der Waals surface area contributed by atoms with E-state index in [0.29, 0.717) is 11.4 Å². The summed E-state index contributed by atoms with van der Waals surface area (Å²) in [5.74, 6) is 0.0275. The van der Waals surface area contributed by atoms with Crippen LogP contribution in [0.4, 0.5) is 0 Å². The highest BCUT2D eigenvalue weighted by Gasteiger charge is 2.17. The first-order valence-corrected chi connectivity index (χ1v) is 8.17. The Bertz CT molecular complexity index is 644. The highest BCUT2D eigenvalue weighted by molar-refractivity contribution is 7.13. The van der Waals surface area contributed by atoms with Crippen molar-refractivity contribution in [2.75, 3.05) is 13.1 Å². The normalized spacial score (nSPS) is 16.3. The Morgan fingerprint density at radius 3 is 2.87 bits per heavy atom. The van der Waals surface area contributed by atoms with Crippen LogP contribution in [0.2, 0.25) is 5.02 Å². The topological polar surface area (TPSA) is 54.0 Å². The molecule has 1 aromatic heterocycles. The van der Waals surface area contributed by atoms with E-state index in [4.69, 9.17) is 11.6 Å². The van der Waals surface area contributed by atoms with E-state index in [0.717, 1.165) is 35.8 Å². The van der Waals surface area contributed by atoms with E-state index in [1.165, 1.54) is 11.3 Å². The molecule has 8 heteroatoms. The first-order valence-electron chi connectivity index (χ1n) is 6.92. The van der Waals surface area contributed by atoms with Crippen molar-refractivity contribution in [2.45, 2.75) is 18.9 Å². The van der Waals surface area contributed by atoms with Gasteiger partial charge in [0, 0.05) is 23.5 Å². The van der Waals surface area contributed by atoms with Crippen LogP contribution < -0.4 is 10.6 Å². The molecule has 0 bridgehead atoms. The van der Waals surface area contributed by atoms with E-state index in [9.17, 15) is 4.79 Å². The van der Waals surface area contributed by atoms with Gasteiger partial charge in [0.15, 0.2) is 0 Å². The number of benzene rings is 1. The molecule has 4 nitrogen and oxygen atoms in total. The maximum absolute atomic E-state index is 12.0. The summed E-state index contributed by atoms with van der Waals surface area (Å²) in [6.45, 7) is 1.83. The predicted octanol–water partition coefficient (Wildman–Crippen LogP) is 3.33. The van der Waals surface area contributed by atoms with E-state index in [-0.39, 0.29) is 36.8 Å². The van der Waals surface area contributed by atoms with Crippen molar-refractivity contribution in [2.24, 2.45) is 0 Å². The minimum Gasteiger partial charge on any atom is -0.352 e. The lowest BCUT2D eigenvalue weighted by Crippen LogP contribution is -2.37. The lowest BCUT2D eigenvalue weighted by molar-refractivity contribution is -0.121. The Hall–Kier alpha value is -0.850. The zero-order chi connectivity index (χ0) is 14.7. The van der Waals surface area contributed by atoms with E-state index in [2.05, 4.69) is 15.6 Å². The average Bonchev–Trinajstić information content (AvgIpc) is 3.11. The predicted molar refractivity (Wildman–Crippen MR) is 100 cm³/mol. The summed E-state index contributed by atoms with van der Waals surface area (Å²) in [7, 11) is 0. The Kier molecular flexibility index (Phi) is 8.29. The van der Waals surface area contributed by atoms with Gasteiger partial charge in [-0.25, -0.2) is 4.98 Å². The minimum absolute atomic E-state index is 0. The van der Waals surface area contributed by atoms with Crippen LogP contribution in [0.3, 0.4) is 0 Å². The molecule has 0 spiro atoms. The number of carbonyl (C=O) groups is 1. The van der Waals surface area contributed by atoms with Crippen LogP contribution in [0, 0.1) is 0 Å². The molecule has 126 valence electrons. The molecule has 3 rings (SSSR count). The van der Waals surface area contributed by atoms with E-state index >= 15 is 0 Å². The molecule has 1 aliphatic rings. The number of halogens is 3. The Morgan fingerprint density at radius 2 is 2.17 bits per heavy atom. The van der Waals surface area contributed by atoms with Gasteiger partial charge in [0.1, 0.15) is 5.01 Å². The molecule has 0 radical (unpaired) electrons. The number of thiazole rings is 1. The number of hydrogen-bond donors (Lipinski definition) is 2. The van der Waals surface area contributed by atoms with Gasteiger partial charge in [-0.05, 0) is 19.0 Å². The molecule has 23 heavy (non-hydrogen) atoms. The first kappa shape index (κ1) is 20.2. The molecule has 1 fully saturated rings. The van der Waals surface area contributed by atoms with Crippen LogP contribution in [0.15, 0.2) is 29.6 Å². The number of nitrogens with zero attached hydrogens (tertiary/aromatic N) is 1. The summed E-state index contributed by atoms with van der Waals surface area (Å²) >= 11 is 7.68. The van der Waals surface area contributed by atoms with Crippen LogP contribution in [0.5, 0.6) is 0 Å². The Balaban J connectivity index is 0.00000132. The fraction of sp³-hybridized carbons (Fsp3) is 0.333. The molecular formula is C15H18Cl3N3OS. The molecule has 2 aromatic rings. The SMILES string of the molecule is Cl.Cl.O=C(Cc1csc(-c2ccccc2Cl)n1)NC1CCNC1. The molecule has 1 unspecified atom stereocenters. The van der Waals surface area contributed by atoms with Gasteiger partial charge in [-0.3, -0.25) is 4.79 Å². The quantitative estimate of drug-likeness (QED) is 0.836. The first-order chi connectivity index (χ1) is 10.2. The number of carbonyl (C=O) groups excluding carboxylic acids is 1. The monoisotopic (exact) mass is 393 g/mol. The van der Waals surface area contributed by atoms with Crippen LogP contribution in [0.25, 0.3) is 10.6 Å². The minimum atomic E-state index is 0. The third-order valence-corrected chi connectivity index (χ3v) is 4.68. The molecule has 1 amide bonds. The molecule has 0 saturated carbocycles. The van der Waals surface area contributed by atoms with Crippen LogP contribution in [-0.2, 0) is 11.2 Å². The highest BCUT2D eigenvalue weighted by atomic mass is 35.5. The molecule has 2 N–H and O–H groups in total. The largest absolute Gasteiger partial charge is 0.352 e. The molecule has 1 atom stereocenters. The highest BCUT2D eigenvalue weighted by Crippen LogP contribution is 2.30. The number of aromatic nitrogens is 1. The molecule has 1 aliphatic heterocycles. The summed E-state index contributed by atoms with van der Waals surface area (Å²) in [5.41, 5.74) is 1.70. The van der Waals surface area contributed by atoms with Gasteiger partial charge in [-0.2, -0.15) is 0 Å². The summed E-state index contributed by atoms with van der Waals surface area (Å²) in [6.07, 6.45) is 1.31. The zero-order valence-corrected chi connectivity index (χ0v) is 15.5. The van der Waals surface area contributed by atoms with Gasteiger partial charge in [-0.1, -0.05) is 29.8 Å². The van der Waals surface area contributed by atoms with Gasteiger partial charge in [0.05, 0.1) is 17.1 Å². The summed E-state index contributed by atoms with van der Waals surface area (Å²) in [4.78, 5) is 16.5. The van der Waals surface area contributed by atoms with Crippen LogP contribution in [0.1, 0.15) is 12.1 Å². The van der Waals surface area contributed by atoms with Crippen molar-refractivity contribution in [1.82, 2.24) is 15.6 Å². The van der Waals surface area contributed by atoms with Crippen molar-refractivity contribution < 1.29 is 4.79 Å². The van der Waals surface area contributed by atoms with Crippen LogP contribution >= 0.6 is 47.8 Å². The summed E-state index contributed by atoms with van der Waals surface area (Å²) in [5, 5.41) is 9.71. The van der Waals surface area contributed by atoms with Gasteiger partial charge in [0.25, 0.3) is 0 Å². The Labute approximate surface area is 156 Å². The second-order valence-electron chi connectivity index (χ2n) is 5.06. The van der Waals surface area contributed by atoms with Gasteiger partial charge in [0.2, 0.25) is 5.91 Å². The standard InChI is InChI=1S/C15H16ClN3OS.2ClH/c16-13-4-2-1-3-12(13)15-19-11(9-21-15)7-14(20)18-10-5-6-17-8-10;;/h1-4,9-10,17H,5-8H2,(H,18,20);2*1H. The second kappa shape index (κ2) is 9.45. The van der Waals surface area contributed by atoms with E-state index in [1.807, 2.05) is 29.6 Å². The van der Waals surface area contributed by atoms with Crippen molar-refractivity contribution in [3.8, 4) is 10.6 Å². The fourth-order valence-corrected chi connectivity index (χ4v) is 3.51. The van der Waals surface area contributed by atoms with Gasteiger partial charge in [-0.15, -0.1) is 36.2 Å². The van der Waals surface area contributed by atoms with Crippen LogP contribution in [-0.4, -0.2) is 30.0 Å². The molecule has 1 aromatic carbocycles. The summed E-state index contributed by atoms with van der Waals surface area (Å²) in [6, 6.07) is 7.86. The number of rotatable bonds is 4. The molecular weight excluding hydrogens is 377 g/mol. The third-order valence-electron chi connectivity index (χ3n) is 3.42. The van der Waals surface area contributed by atoms with E-state index < -0.39 is 0 Å². The van der Waals surface area contributed by atoms with Crippen molar-refractivity contribution in [1.29, 1.82) is 0 Å². The number of amides is 1. The fourth-order valence-electron chi connectivity index (χ4n) is 2.37. The van der Waals surface area contributed by atoms with Crippen molar-refractivity contribution >= 4 is 53.7 Å². The number of hydrogen-bond acceptors (Lipinski definition) is 4. The second-order valence-corrected chi connectivity index (χ2v) is 6.32. The molecule has 0 aliphatic carbocycles. The molecule has 2 heterocycles. The third kappa shape index (κ3) is 5.33. The van der Waals surface area contributed by atoms with Gasteiger partial charge >= 0.3 is 0 Å². The average molecular weight is 395 g/mol. The van der Waals surface area contributed by atoms with Gasteiger partial charge < -0.3 is 10.6 Å². The lowest BCUT2D eigenvalue weighted by Gasteiger charge is -2.10. The smallest absolute Gasteiger partial charge is 0.226 e. The zero-order valence-electron chi connectivity index (χ0n) is 12.3. The Morgan fingerprint density at radius 1 is 1.39 bits per heavy atom. The summed E-state index contributed by atoms with van der Waals surface area (Å²) < 4.78 is 0. The van der Waals surface area contributed by atoms with Crippen molar-refractivity contribution in [3.05, 3.63) is 40.4 Å². The maximum Gasteiger partial charge on any atom is 0.226 e. The van der Waals surface area contributed by atoms with Crippen molar-refractivity contribution in [3.63, 3.8) is 0 Å². The molecule has 1 saturated heterocycles.